The lowest BCUT2D eigenvalue weighted by Gasteiger charge is -2.19. The lowest BCUT2D eigenvalue weighted by Crippen LogP contribution is -2.26. The van der Waals surface area contributed by atoms with Crippen molar-refractivity contribution in [3.05, 3.63) is 89.9 Å². The minimum Gasteiger partial charge on any atom is -0.497 e. The van der Waals surface area contributed by atoms with Crippen LogP contribution in [0.3, 0.4) is 0 Å². The zero-order valence-electron chi connectivity index (χ0n) is 14.3. The van der Waals surface area contributed by atoms with E-state index in [9.17, 15) is 4.79 Å². The van der Waals surface area contributed by atoms with Crippen molar-refractivity contribution in [2.75, 3.05) is 7.11 Å². The molecule has 0 aliphatic carbocycles. The summed E-state index contributed by atoms with van der Waals surface area (Å²) in [5.41, 5.74) is 2.36. The van der Waals surface area contributed by atoms with Gasteiger partial charge in [0, 0.05) is 17.5 Å². The molecule has 4 rings (SSSR count). The highest BCUT2D eigenvalue weighted by atomic mass is 16.5. The third-order valence-electron chi connectivity index (χ3n) is 4.41. The van der Waals surface area contributed by atoms with Crippen LogP contribution in [0.25, 0.3) is 0 Å². The second-order valence-electron chi connectivity index (χ2n) is 6.03. The second kappa shape index (κ2) is 6.88. The number of furan rings is 1. The maximum absolute atomic E-state index is 13.0. The predicted octanol–water partition coefficient (Wildman–Crippen LogP) is 4.28. The molecule has 1 aliphatic heterocycles. The van der Waals surface area contributed by atoms with Crippen molar-refractivity contribution >= 4 is 11.6 Å². The van der Waals surface area contributed by atoms with Crippen LogP contribution in [0.2, 0.25) is 0 Å². The first-order valence-electron chi connectivity index (χ1n) is 8.40. The number of carbonyl (C=O) groups is 1. The van der Waals surface area contributed by atoms with Gasteiger partial charge in [-0.05, 0) is 36.4 Å². The van der Waals surface area contributed by atoms with Crippen molar-refractivity contribution in [2.24, 2.45) is 5.10 Å². The third kappa shape index (κ3) is 2.99. The highest BCUT2D eigenvalue weighted by Crippen LogP contribution is 2.34. The molecule has 0 fully saturated rings. The van der Waals surface area contributed by atoms with E-state index in [0.717, 1.165) is 22.8 Å². The largest absolute Gasteiger partial charge is 0.497 e. The smallest absolute Gasteiger partial charge is 0.274 e. The van der Waals surface area contributed by atoms with Crippen LogP contribution in [-0.4, -0.2) is 23.7 Å². The van der Waals surface area contributed by atoms with Crippen molar-refractivity contribution in [3.63, 3.8) is 0 Å². The van der Waals surface area contributed by atoms with Gasteiger partial charge < -0.3 is 9.15 Å². The SMILES string of the molecule is COc1cccc(C2=NN(C(=O)c3ccccc3)C(c3ccco3)C2)c1. The highest BCUT2D eigenvalue weighted by Gasteiger charge is 2.35. The van der Waals surface area contributed by atoms with Gasteiger partial charge in [0.2, 0.25) is 0 Å². The van der Waals surface area contributed by atoms with E-state index >= 15 is 0 Å². The molecule has 26 heavy (non-hydrogen) atoms. The lowest BCUT2D eigenvalue weighted by atomic mass is 10.0. The van der Waals surface area contributed by atoms with E-state index in [4.69, 9.17) is 9.15 Å². The molecule has 1 aliphatic rings. The van der Waals surface area contributed by atoms with Crippen LogP contribution in [0.5, 0.6) is 5.75 Å². The van der Waals surface area contributed by atoms with Crippen LogP contribution in [0.4, 0.5) is 0 Å². The Morgan fingerprint density at radius 3 is 2.69 bits per heavy atom. The third-order valence-corrected chi connectivity index (χ3v) is 4.41. The van der Waals surface area contributed by atoms with E-state index in [0.29, 0.717) is 12.0 Å². The van der Waals surface area contributed by atoms with Gasteiger partial charge in [0.1, 0.15) is 17.6 Å². The van der Waals surface area contributed by atoms with E-state index < -0.39 is 0 Å². The maximum atomic E-state index is 13.0. The number of rotatable bonds is 4. The van der Waals surface area contributed by atoms with E-state index in [1.54, 1.807) is 25.5 Å². The Morgan fingerprint density at radius 2 is 1.96 bits per heavy atom. The zero-order valence-corrected chi connectivity index (χ0v) is 14.3. The summed E-state index contributed by atoms with van der Waals surface area (Å²) in [4.78, 5) is 13.0. The van der Waals surface area contributed by atoms with Gasteiger partial charge in [-0.15, -0.1) is 0 Å². The van der Waals surface area contributed by atoms with E-state index in [-0.39, 0.29) is 11.9 Å². The van der Waals surface area contributed by atoms with Crippen molar-refractivity contribution < 1.29 is 13.9 Å². The molecule has 0 bridgehead atoms. The Kier molecular flexibility index (Phi) is 4.27. The average molecular weight is 346 g/mol. The molecule has 1 amide bonds. The van der Waals surface area contributed by atoms with Gasteiger partial charge >= 0.3 is 0 Å². The molecule has 1 atom stereocenters. The van der Waals surface area contributed by atoms with Gasteiger partial charge in [-0.25, -0.2) is 5.01 Å². The quantitative estimate of drug-likeness (QED) is 0.708. The fourth-order valence-electron chi connectivity index (χ4n) is 3.09. The van der Waals surface area contributed by atoms with Gasteiger partial charge in [0.25, 0.3) is 5.91 Å². The fraction of sp³-hybridized carbons (Fsp3) is 0.143. The number of carbonyl (C=O) groups excluding carboxylic acids is 1. The molecule has 1 aromatic heterocycles. The number of hydrogen-bond donors (Lipinski definition) is 0. The Hall–Kier alpha value is -3.34. The van der Waals surface area contributed by atoms with Crippen LogP contribution < -0.4 is 4.74 Å². The summed E-state index contributed by atoms with van der Waals surface area (Å²) < 4.78 is 10.9. The average Bonchev–Trinajstić information content (AvgIpc) is 3.38. The molecule has 0 radical (unpaired) electrons. The standard InChI is InChI=1S/C21H18N2O3/c1-25-17-10-5-9-16(13-17)18-14-19(20-11-6-12-26-20)23(22-18)21(24)15-7-3-2-4-8-15/h2-13,19H,14H2,1H3. The second-order valence-corrected chi connectivity index (χ2v) is 6.03. The number of amides is 1. The van der Waals surface area contributed by atoms with E-state index in [2.05, 4.69) is 5.10 Å². The number of hydrogen-bond acceptors (Lipinski definition) is 4. The van der Waals surface area contributed by atoms with Crippen LogP contribution in [-0.2, 0) is 0 Å². The minimum absolute atomic E-state index is 0.148. The molecular formula is C21H18N2O3. The Balaban J connectivity index is 1.72. The molecule has 5 nitrogen and oxygen atoms in total. The number of nitrogens with zero attached hydrogens (tertiary/aromatic N) is 2. The van der Waals surface area contributed by atoms with Gasteiger partial charge in [0.05, 0.1) is 19.1 Å². The van der Waals surface area contributed by atoms with Crippen molar-refractivity contribution in [1.82, 2.24) is 5.01 Å². The van der Waals surface area contributed by atoms with Gasteiger partial charge in [-0.2, -0.15) is 5.10 Å². The monoisotopic (exact) mass is 346 g/mol. The molecule has 5 heteroatoms. The van der Waals surface area contributed by atoms with Crippen LogP contribution in [0.1, 0.15) is 34.1 Å². The predicted molar refractivity (Wildman–Crippen MR) is 98.2 cm³/mol. The molecule has 0 saturated carbocycles. The molecule has 3 aromatic rings. The minimum atomic E-state index is -0.265. The first-order chi connectivity index (χ1) is 12.8. The number of benzene rings is 2. The molecule has 2 heterocycles. The molecule has 0 saturated heterocycles. The van der Waals surface area contributed by atoms with Crippen LogP contribution in [0.15, 0.2) is 82.5 Å². The highest BCUT2D eigenvalue weighted by molar-refractivity contribution is 6.05. The molecule has 130 valence electrons. The molecular weight excluding hydrogens is 328 g/mol. The molecule has 2 aromatic carbocycles. The molecule has 1 unspecified atom stereocenters. The fourth-order valence-corrected chi connectivity index (χ4v) is 3.09. The first kappa shape index (κ1) is 16.1. The molecule has 0 spiro atoms. The van der Waals surface area contributed by atoms with Gasteiger partial charge in [-0.1, -0.05) is 30.3 Å². The number of hydrazone groups is 1. The normalized spacial score (nSPS) is 16.4. The topological polar surface area (TPSA) is 55.0 Å². The van der Waals surface area contributed by atoms with Crippen LogP contribution in [0, 0.1) is 0 Å². The summed E-state index contributed by atoms with van der Waals surface area (Å²) in [6.07, 6.45) is 2.20. The summed E-state index contributed by atoms with van der Waals surface area (Å²) >= 11 is 0. The van der Waals surface area contributed by atoms with E-state index in [1.807, 2.05) is 54.6 Å². The van der Waals surface area contributed by atoms with Crippen molar-refractivity contribution in [3.8, 4) is 5.75 Å². The summed E-state index contributed by atoms with van der Waals surface area (Å²) in [5.74, 6) is 1.33. The van der Waals surface area contributed by atoms with Crippen LogP contribution >= 0.6 is 0 Å². The van der Waals surface area contributed by atoms with Gasteiger partial charge in [-0.3, -0.25) is 4.79 Å². The van der Waals surface area contributed by atoms with Gasteiger partial charge in [0.15, 0.2) is 0 Å². The Bertz CT molecular complexity index is 933. The van der Waals surface area contributed by atoms with E-state index in [1.165, 1.54) is 5.01 Å². The zero-order chi connectivity index (χ0) is 17.9. The number of methoxy groups -OCH3 is 1. The lowest BCUT2D eigenvalue weighted by molar-refractivity contribution is 0.0693. The Labute approximate surface area is 151 Å². The summed E-state index contributed by atoms with van der Waals surface area (Å²) in [5, 5.41) is 6.15. The number of ether oxygens (including phenoxy) is 1. The van der Waals surface area contributed by atoms with Crippen molar-refractivity contribution in [2.45, 2.75) is 12.5 Å². The summed E-state index contributed by atoms with van der Waals surface area (Å²) in [7, 11) is 1.63. The first-order valence-corrected chi connectivity index (χ1v) is 8.40. The molecule has 0 N–H and O–H groups in total. The van der Waals surface area contributed by atoms with Crippen molar-refractivity contribution in [1.29, 1.82) is 0 Å². The summed E-state index contributed by atoms with van der Waals surface area (Å²) in [6, 6.07) is 20.3. The maximum Gasteiger partial charge on any atom is 0.274 e. The Morgan fingerprint density at radius 1 is 1.12 bits per heavy atom. The summed E-state index contributed by atoms with van der Waals surface area (Å²) in [6.45, 7) is 0.